The van der Waals surface area contributed by atoms with Crippen molar-refractivity contribution < 1.29 is 21.6 Å². The van der Waals surface area contributed by atoms with E-state index in [1.165, 1.54) is 24.4 Å². The number of alkyl halides is 3. The molecule has 2 N–H and O–H groups in total. The summed E-state index contributed by atoms with van der Waals surface area (Å²) in [6, 6.07) is 10.2. The Balaban J connectivity index is 1.66. The van der Waals surface area contributed by atoms with Crippen LogP contribution in [0.1, 0.15) is 0 Å². The molecular formula is C19H14BrF3N6O2S. The third-order valence-electron chi connectivity index (χ3n) is 4.46. The fourth-order valence-electron chi connectivity index (χ4n) is 2.91. The monoisotopic (exact) mass is 526 g/mol. The Labute approximate surface area is 188 Å². The second-order valence-corrected chi connectivity index (χ2v) is 9.41. The summed E-state index contributed by atoms with van der Waals surface area (Å²) in [5, 5.41) is 5.64. The standard InChI is InChI=1S/C19H14BrF3N6O2S/c1-29-10-25-14-8-11(6-7-15(14)29)26-18-24-9-12(20)17(28-18)27-13-4-2-3-5-16(13)32(30,31)19(21,22)23/h2-10H,1H3,(H2,24,26,27,28). The Hall–Kier alpha value is -3.19. The second kappa shape index (κ2) is 8.06. The molecule has 2 heterocycles. The van der Waals surface area contributed by atoms with Gasteiger partial charge in [-0.05, 0) is 46.3 Å². The van der Waals surface area contributed by atoms with Gasteiger partial charge in [0, 0.05) is 18.9 Å². The smallest absolute Gasteiger partial charge is 0.338 e. The lowest BCUT2D eigenvalue weighted by Gasteiger charge is -2.15. The summed E-state index contributed by atoms with van der Waals surface area (Å²) >= 11 is 3.22. The van der Waals surface area contributed by atoms with Crippen molar-refractivity contribution in [1.82, 2.24) is 19.5 Å². The van der Waals surface area contributed by atoms with Crippen molar-refractivity contribution in [3.8, 4) is 0 Å². The second-order valence-electron chi connectivity index (χ2n) is 6.64. The van der Waals surface area contributed by atoms with Crippen molar-refractivity contribution in [2.45, 2.75) is 10.4 Å². The zero-order chi connectivity index (χ0) is 23.1. The number of para-hydroxylation sites is 1. The molecule has 0 amide bonds. The minimum absolute atomic E-state index is 0.0752. The molecule has 0 atom stereocenters. The lowest BCUT2D eigenvalue weighted by atomic mass is 10.3. The Morgan fingerprint density at radius 1 is 1.06 bits per heavy atom. The minimum atomic E-state index is -5.56. The van der Waals surface area contributed by atoms with Gasteiger partial charge < -0.3 is 15.2 Å². The van der Waals surface area contributed by atoms with E-state index >= 15 is 0 Å². The molecule has 0 unspecified atom stereocenters. The molecule has 0 aliphatic carbocycles. The number of anilines is 4. The van der Waals surface area contributed by atoms with Gasteiger partial charge in [0.1, 0.15) is 5.82 Å². The Morgan fingerprint density at radius 3 is 2.56 bits per heavy atom. The van der Waals surface area contributed by atoms with Gasteiger partial charge in [-0.1, -0.05) is 12.1 Å². The fraction of sp³-hybridized carbons (Fsp3) is 0.105. The van der Waals surface area contributed by atoms with Crippen LogP contribution in [0.2, 0.25) is 0 Å². The zero-order valence-electron chi connectivity index (χ0n) is 16.2. The molecule has 4 rings (SSSR count). The Bertz CT molecular complexity index is 1420. The summed E-state index contributed by atoms with van der Waals surface area (Å²) in [7, 11) is -3.69. The van der Waals surface area contributed by atoms with Gasteiger partial charge in [0.2, 0.25) is 5.95 Å². The Kier molecular flexibility index (Phi) is 5.54. The number of hydrogen-bond acceptors (Lipinski definition) is 7. The molecular weight excluding hydrogens is 513 g/mol. The van der Waals surface area contributed by atoms with Crippen molar-refractivity contribution in [2.75, 3.05) is 10.6 Å². The number of nitrogens with one attached hydrogen (secondary N) is 2. The summed E-state index contributed by atoms with van der Waals surface area (Å²) in [6.45, 7) is 0. The molecule has 0 bridgehead atoms. The molecule has 8 nitrogen and oxygen atoms in total. The third kappa shape index (κ3) is 4.12. The molecule has 0 aliphatic rings. The van der Waals surface area contributed by atoms with E-state index in [9.17, 15) is 21.6 Å². The normalized spacial score (nSPS) is 12.2. The summed E-state index contributed by atoms with van der Waals surface area (Å²) in [5.41, 5.74) is -3.39. The molecule has 0 aliphatic heterocycles. The molecule has 0 saturated carbocycles. The number of aromatic nitrogens is 4. The minimum Gasteiger partial charge on any atom is -0.338 e. The van der Waals surface area contributed by atoms with Crippen molar-refractivity contribution in [2.24, 2.45) is 7.05 Å². The summed E-state index contributed by atoms with van der Waals surface area (Å²) in [4.78, 5) is 11.8. The van der Waals surface area contributed by atoms with Crippen LogP contribution >= 0.6 is 15.9 Å². The van der Waals surface area contributed by atoms with E-state index in [2.05, 4.69) is 41.5 Å². The highest BCUT2D eigenvalue weighted by molar-refractivity contribution is 9.10. The number of benzene rings is 2. The highest BCUT2D eigenvalue weighted by Crippen LogP contribution is 2.36. The van der Waals surface area contributed by atoms with E-state index in [1.54, 1.807) is 18.5 Å². The van der Waals surface area contributed by atoms with Gasteiger partial charge in [-0.3, -0.25) is 0 Å². The summed E-state index contributed by atoms with van der Waals surface area (Å²) < 4.78 is 65.3. The van der Waals surface area contributed by atoms with Crippen molar-refractivity contribution >= 4 is 59.9 Å². The maximum Gasteiger partial charge on any atom is 0.501 e. The lowest BCUT2D eigenvalue weighted by Crippen LogP contribution is -2.24. The van der Waals surface area contributed by atoms with Gasteiger partial charge >= 0.3 is 5.51 Å². The largest absolute Gasteiger partial charge is 0.501 e. The molecule has 0 saturated heterocycles. The van der Waals surface area contributed by atoms with Crippen LogP contribution in [0.15, 0.2) is 64.4 Å². The van der Waals surface area contributed by atoms with Crippen LogP contribution in [-0.4, -0.2) is 33.4 Å². The molecule has 4 aromatic rings. The van der Waals surface area contributed by atoms with E-state index in [4.69, 9.17) is 0 Å². The van der Waals surface area contributed by atoms with E-state index in [0.29, 0.717) is 10.2 Å². The number of hydrogen-bond donors (Lipinski definition) is 2. The van der Waals surface area contributed by atoms with Crippen LogP contribution in [0.4, 0.5) is 36.3 Å². The van der Waals surface area contributed by atoms with E-state index < -0.39 is 20.2 Å². The number of nitrogens with zero attached hydrogens (tertiary/aromatic N) is 4. The molecule has 0 fully saturated rings. The van der Waals surface area contributed by atoms with Crippen molar-refractivity contribution in [1.29, 1.82) is 0 Å². The average Bonchev–Trinajstić information content (AvgIpc) is 3.10. The average molecular weight is 527 g/mol. The molecule has 0 radical (unpaired) electrons. The molecule has 166 valence electrons. The number of halogens is 4. The number of imidazole rings is 1. The predicted octanol–water partition coefficient (Wildman–Crippen LogP) is 4.91. The van der Waals surface area contributed by atoms with Gasteiger partial charge in [-0.25, -0.2) is 18.4 Å². The van der Waals surface area contributed by atoms with Crippen LogP contribution in [0, 0.1) is 0 Å². The third-order valence-corrected chi connectivity index (χ3v) is 6.58. The van der Waals surface area contributed by atoms with Crippen molar-refractivity contribution in [3.05, 3.63) is 59.5 Å². The SMILES string of the molecule is Cn1cnc2cc(Nc3ncc(Br)c(Nc4ccccc4S(=O)(=O)C(F)(F)F)n3)ccc21. The zero-order valence-corrected chi connectivity index (χ0v) is 18.6. The number of fused-ring (bicyclic) bond motifs is 1. The maximum absolute atomic E-state index is 13.1. The van der Waals surface area contributed by atoms with Gasteiger partial charge in [-0.2, -0.15) is 18.2 Å². The lowest BCUT2D eigenvalue weighted by molar-refractivity contribution is -0.0435. The van der Waals surface area contributed by atoms with Gasteiger partial charge in [-0.15, -0.1) is 0 Å². The fourth-order valence-corrected chi connectivity index (χ4v) is 4.12. The highest BCUT2D eigenvalue weighted by Gasteiger charge is 2.48. The van der Waals surface area contributed by atoms with Crippen LogP contribution in [0.3, 0.4) is 0 Å². The first-order chi connectivity index (χ1) is 15.1. The van der Waals surface area contributed by atoms with Crippen LogP contribution < -0.4 is 10.6 Å². The Morgan fingerprint density at radius 2 is 1.81 bits per heavy atom. The van der Waals surface area contributed by atoms with Crippen LogP contribution in [0.5, 0.6) is 0 Å². The molecule has 2 aromatic carbocycles. The highest BCUT2D eigenvalue weighted by atomic mass is 79.9. The van der Waals surface area contributed by atoms with E-state index in [1.807, 2.05) is 17.7 Å². The van der Waals surface area contributed by atoms with E-state index in [-0.39, 0.29) is 17.5 Å². The molecule has 0 spiro atoms. The van der Waals surface area contributed by atoms with E-state index in [0.717, 1.165) is 17.1 Å². The first kappa shape index (κ1) is 22.0. The molecule has 13 heteroatoms. The first-order valence-electron chi connectivity index (χ1n) is 8.94. The van der Waals surface area contributed by atoms with Crippen LogP contribution in [0.25, 0.3) is 11.0 Å². The number of aryl methyl sites for hydroxylation is 1. The predicted molar refractivity (Wildman–Crippen MR) is 117 cm³/mol. The molecule has 32 heavy (non-hydrogen) atoms. The number of rotatable bonds is 5. The van der Waals surface area contributed by atoms with Crippen molar-refractivity contribution in [3.63, 3.8) is 0 Å². The van der Waals surface area contributed by atoms with Gasteiger partial charge in [0.15, 0.2) is 0 Å². The first-order valence-corrected chi connectivity index (χ1v) is 11.2. The maximum atomic E-state index is 13.1. The van der Waals surface area contributed by atoms with Gasteiger partial charge in [0.05, 0.1) is 32.4 Å². The molecule has 2 aromatic heterocycles. The summed E-state index contributed by atoms with van der Waals surface area (Å²) in [5.74, 6) is 0.216. The topological polar surface area (TPSA) is 102 Å². The van der Waals surface area contributed by atoms with Gasteiger partial charge in [0.25, 0.3) is 9.84 Å². The van der Waals surface area contributed by atoms with Crippen LogP contribution in [-0.2, 0) is 16.9 Å². The quantitative estimate of drug-likeness (QED) is 0.381. The summed E-state index contributed by atoms with van der Waals surface area (Å²) in [6.07, 6.45) is 3.07. The number of sulfone groups is 1.